The average Bonchev–Trinajstić information content (AvgIpc) is 2.59. The van der Waals surface area contributed by atoms with Gasteiger partial charge in [-0.1, -0.05) is 31.7 Å². The molecule has 0 bridgehead atoms. The van der Waals surface area contributed by atoms with Crippen molar-refractivity contribution in [3.05, 3.63) is 24.4 Å². The Labute approximate surface area is 96.3 Å². The standard InChI is InChI=1S/C13H18N2O/c16-13(11-7-3-1-2-4-8-11)15-12-9-5-6-10-14-12/h5-6,9-11H,1-4,7-8H2,(H,14,15,16). The van der Waals surface area contributed by atoms with Gasteiger partial charge in [-0.2, -0.15) is 0 Å². The van der Waals surface area contributed by atoms with Crippen molar-refractivity contribution in [2.45, 2.75) is 38.5 Å². The second-order valence-corrected chi connectivity index (χ2v) is 4.39. The molecule has 2 rings (SSSR count). The number of anilines is 1. The molecule has 0 spiro atoms. The Morgan fingerprint density at radius 3 is 2.56 bits per heavy atom. The zero-order chi connectivity index (χ0) is 11.2. The van der Waals surface area contributed by atoms with Gasteiger partial charge in [0, 0.05) is 12.1 Å². The Morgan fingerprint density at radius 2 is 1.94 bits per heavy atom. The van der Waals surface area contributed by atoms with Crippen molar-refractivity contribution in [3.63, 3.8) is 0 Å². The van der Waals surface area contributed by atoms with E-state index in [2.05, 4.69) is 10.3 Å². The van der Waals surface area contributed by atoms with Crippen LogP contribution >= 0.6 is 0 Å². The second kappa shape index (κ2) is 5.64. The van der Waals surface area contributed by atoms with Crippen molar-refractivity contribution >= 4 is 11.7 Å². The van der Waals surface area contributed by atoms with Gasteiger partial charge in [0.2, 0.25) is 5.91 Å². The highest BCUT2D eigenvalue weighted by molar-refractivity contribution is 5.91. The minimum atomic E-state index is 0.139. The minimum absolute atomic E-state index is 0.139. The summed E-state index contributed by atoms with van der Waals surface area (Å²) in [6.45, 7) is 0. The lowest BCUT2D eigenvalue weighted by Gasteiger charge is -2.13. The first-order valence-electron chi connectivity index (χ1n) is 6.08. The van der Waals surface area contributed by atoms with E-state index < -0.39 is 0 Å². The van der Waals surface area contributed by atoms with Gasteiger partial charge in [-0.15, -0.1) is 0 Å². The van der Waals surface area contributed by atoms with Gasteiger partial charge in [-0.25, -0.2) is 4.98 Å². The third-order valence-electron chi connectivity index (χ3n) is 3.14. The highest BCUT2D eigenvalue weighted by atomic mass is 16.1. The van der Waals surface area contributed by atoms with Crippen molar-refractivity contribution in [1.29, 1.82) is 0 Å². The first kappa shape index (κ1) is 11.1. The Bertz CT molecular complexity index is 329. The van der Waals surface area contributed by atoms with E-state index in [1.165, 1.54) is 25.7 Å². The largest absolute Gasteiger partial charge is 0.310 e. The zero-order valence-corrected chi connectivity index (χ0v) is 9.48. The van der Waals surface area contributed by atoms with Crippen LogP contribution in [0, 0.1) is 5.92 Å². The summed E-state index contributed by atoms with van der Waals surface area (Å²) in [5, 5.41) is 2.89. The first-order valence-corrected chi connectivity index (χ1v) is 6.08. The normalized spacial score (nSPS) is 17.8. The van der Waals surface area contributed by atoms with E-state index in [9.17, 15) is 4.79 Å². The number of carbonyl (C=O) groups excluding carboxylic acids is 1. The molecule has 1 aromatic heterocycles. The molecule has 0 saturated heterocycles. The number of carbonyl (C=O) groups is 1. The monoisotopic (exact) mass is 218 g/mol. The van der Waals surface area contributed by atoms with Gasteiger partial charge in [0.15, 0.2) is 0 Å². The molecule has 1 aliphatic carbocycles. The van der Waals surface area contributed by atoms with Crippen molar-refractivity contribution in [3.8, 4) is 0 Å². The number of hydrogen-bond acceptors (Lipinski definition) is 2. The van der Waals surface area contributed by atoms with E-state index in [4.69, 9.17) is 0 Å². The molecule has 0 unspecified atom stereocenters. The van der Waals surface area contributed by atoms with Crippen molar-refractivity contribution in [2.75, 3.05) is 5.32 Å². The first-order chi connectivity index (χ1) is 7.86. The molecular weight excluding hydrogens is 200 g/mol. The van der Waals surface area contributed by atoms with Crippen LogP contribution in [0.5, 0.6) is 0 Å². The molecule has 1 amide bonds. The number of nitrogens with one attached hydrogen (secondary N) is 1. The maximum Gasteiger partial charge on any atom is 0.228 e. The van der Waals surface area contributed by atoms with Crippen LogP contribution < -0.4 is 5.32 Å². The van der Waals surface area contributed by atoms with E-state index in [0.717, 1.165) is 12.8 Å². The van der Waals surface area contributed by atoms with Crippen LogP contribution in [-0.4, -0.2) is 10.9 Å². The summed E-state index contributed by atoms with van der Waals surface area (Å²) in [5.41, 5.74) is 0. The van der Waals surface area contributed by atoms with Gasteiger partial charge in [-0.3, -0.25) is 4.79 Å². The highest BCUT2D eigenvalue weighted by Crippen LogP contribution is 2.23. The highest BCUT2D eigenvalue weighted by Gasteiger charge is 2.19. The number of pyridine rings is 1. The molecule has 0 aliphatic heterocycles. The molecular formula is C13H18N2O. The topological polar surface area (TPSA) is 42.0 Å². The summed E-state index contributed by atoms with van der Waals surface area (Å²) in [5.74, 6) is 0.988. The number of rotatable bonds is 2. The molecule has 16 heavy (non-hydrogen) atoms. The van der Waals surface area contributed by atoms with Gasteiger partial charge in [-0.05, 0) is 25.0 Å². The lowest BCUT2D eigenvalue weighted by atomic mass is 9.99. The van der Waals surface area contributed by atoms with Crippen LogP contribution in [0.4, 0.5) is 5.82 Å². The second-order valence-electron chi connectivity index (χ2n) is 4.39. The third-order valence-corrected chi connectivity index (χ3v) is 3.14. The fourth-order valence-electron chi connectivity index (χ4n) is 2.21. The van der Waals surface area contributed by atoms with Gasteiger partial charge in [0.1, 0.15) is 5.82 Å². The molecule has 1 heterocycles. The Kier molecular flexibility index (Phi) is 3.91. The number of hydrogen-bond donors (Lipinski definition) is 1. The zero-order valence-electron chi connectivity index (χ0n) is 9.48. The van der Waals surface area contributed by atoms with E-state index in [1.807, 2.05) is 18.2 Å². The van der Waals surface area contributed by atoms with Crippen LogP contribution in [0.3, 0.4) is 0 Å². The lowest BCUT2D eigenvalue weighted by molar-refractivity contribution is -0.120. The van der Waals surface area contributed by atoms with Crippen LogP contribution in [0.1, 0.15) is 38.5 Å². The Balaban J connectivity index is 1.92. The average molecular weight is 218 g/mol. The number of nitrogens with zero attached hydrogens (tertiary/aromatic N) is 1. The molecule has 1 aliphatic rings. The molecule has 0 atom stereocenters. The maximum absolute atomic E-state index is 12.0. The van der Waals surface area contributed by atoms with Crippen molar-refractivity contribution in [1.82, 2.24) is 4.98 Å². The summed E-state index contributed by atoms with van der Waals surface area (Å²) in [4.78, 5) is 16.1. The summed E-state index contributed by atoms with van der Waals surface area (Å²) in [6.07, 6.45) is 8.65. The Hall–Kier alpha value is -1.38. The number of aromatic nitrogens is 1. The van der Waals surface area contributed by atoms with Crippen LogP contribution in [-0.2, 0) is 4.79 Å². The van der Waals surface area contributed by atoms with Gasteiger partial charge in [0.05, 0.1) is 0 Å². The molecule has 86 valence electrons. The number of amides is 1. The Morgan fingerprint density at radius 1 is 1.19 bits per heavy atom. The lowest BCUT2D eigenvalue weighted by Crippen LogP contribution is -2.22. The molecule has 0 aromatic carbocycles. The van der Waals surface area contributed by atoms with Crippen molar-refractivity contribution < 1.29 is 4.79 Å². The fraction of sp³-hybridized carbons (Fsp3) is 0.538. The summed E-state index contributed by atoms with van der Waals surface area (Å²) in [6, 6.07) is 5.56. The molecule has 1 N–H and O–H groups in total. The van der Waals surface area contributed by atoms with Gasteiger partial charge in [0.25, 0.3) is 0 Å². The van der Waals surface area contributed by atoms with E-state index in [-0.39, 0.29) is 11.8 Å². The SMILES string of the molecule is O=C(Nc1ccccn1)C1CCCCCC1. The van der Waals surface area contributed by atoms with Crippen LogP contribution in [0.15, 0.2) is 24.4 Å². The fourth-order valence-corrected chi connectivity index (χ4v) is 2.21. The summed E-state index contributed by atoms with van der Waals surface area (Å²) >= 11 is 0. The quantitative estimate of drug-likeness (QED) is 0.775. The molecule has 1 saturated carbocycles. The molecule has 1 aromatic rings. The van der Waals surface area contributed by atoms with E-state index in [1.54, 1.807) is 6.20 Å². The molecule has 1 fully saturated rings. The minimum Gasteiger partial charge on any atom is -0.310 e. The molecule has 0 radical (unpaired) electrons. The van der Waals surface area contributed by atoms with Gasteiger partial charge >= 0.3 is 0 Å². The summed E-state index contributed by atoms with van der Waals surface area (Å²) in [7, 11) is 0. The van der Waals surface area contributed by atoms with Crippen LogP contribution in [0.2, 0.25) is 0 Å². The predicted octanol–water partition coefficient (Wildman–Crippen LogP) is 2.99. The predicted molar refractivity (Wildman–Crippen MR) is 64.1 cm³/mol. The molecule has 3 nitrogen and oxygen atoms in total. The smallest absolute Gasteiger partial charge is 0.228 e. The van der Waals surface area contributed by atoms with Crippen LogP contribution in [0.25, 0.3) is 0 Å². The maximum atomic E-state index is 12.0. The van der Waals surface area contributed by atoms with Gasteiger partial charge < -0.3 is 5.32 Å². The third kappa shape index (κ3) is 3.05. The molecule has 3 heteroatoms. The van der Waals surface area contributed by atoms with E-state index in [0.29, 0.717) is 5.82 Å². The van der Waals surface area contributed by atoms with Crippen molar-refractivity contribution in [2.24, 2.45) is 5.92 Å². The van der Waals surface area contributed by atoms with E-state index >= 15 is 0 Å². The summed E-state index contributed by atoms with van der Waals surface area (Å²) < 4.78 is 0.